The van der Waals surface area contributed by atoms with Crippen LogP contribution in [0.1, 0.15) is 31.9 Å². The molecule has 4 aromatic rings. The lowest BCUT2D eigenvalue weighted by Crippen LogP contribution is -2.54. The normalized spacial score (nSPS) is 12.0. The van der Waals surface area contributed by atoms with Gasteiger partial charge in [0.2, 0.25) is 11.8 Å². The fraction of sp³-hybridized carbons (Fsp3) is 0.257. The van der Waals surface area contributed by atoms with Crippen molar-refractivity contribution in [1.82, 2.24) is 10.2 Å². The number of amides is 2. The Kier molecular flexibility index (Phi) is 12.4. The van der Waals surface area contributed by atoms with E-state index < -0.39 is 28.5 Å². The average Bonchev–Trinajstić information content (AvgIpc) is 3.02. The van der Waals surface area contributed by atoms with Crippen molar-refractivity contribution in [1.29, 1.82) is 0 Å². The zero-order chi connectivity index (χ0) is 33.3. The Bertz CT molecular complexity index is 1720. The molecule has 0 spiro atoms. The molecule has 4 rings (SSSR count). The van der Waals surface area contributed by atoms with Crippen LogP contribution in [0.3, 0.4) is 0 Å². The van der Waals surface area contributed by atoms with Gasteiger partial charge in [-0.3, -0.25) is 13.9 Å². The lowest BCUT2D eigenvalue weighted by atomic mass is 10.0. The number of hydrogen-bond acceptors (Lipinski definition) is 5. The highest BCUT2D eigenvalue weighted by atomic mass is 79.9. The number of anilines is 1. The van der Waals surface area contributed by atoms with Crippen LogP contribution >= 0.6 is 31.9 Å². The van der Waals surface area contributed by atoms with Crippen molar-refractivity contribution in [3.05, 3.63) is 123 Å². The third-order valence-electron chi connectivity index (χ3n) is 7.06. The van der Waals surface area contributed by atoms with Crippen LogP contribution in [0.5, 0.6) is 5.75 Å². The molecule has 0 saturated carbocycles. The predicted octanol–water partition coefficient (Wildman–Crippen LogP) is 6.97. The summed E-state index contributed by atoms with van der Waals surface area (Å²) in [5.74, 6) is -0.289. The highest BCUT2D eigenvalue weighted by molar-refractivity contribution is 9.10. The number of ether oxygens (including phenoxy) is 1. The van der Waals surface area contributed by atoms with Gasteiger partial charge in [0.25, 0.3) is 10.0 Å². The largest absolute Gasteiger partial charge is 0.494 e. The van der Waals surface area contributed by atoms with E-state index in [4.69, 9.17) is 4.74 Å². The van der Waals surface area contributed by atoms with E-state index in [1.807, 2.05) is 75.4 Å². The van der Waals surface area contributed by atoms with Crippen LogP contribution < -0.4 is 14.4 Å². The molecule has 0 aliphatic carbocycles. The fourth-order valence-electron chi connectivity index (χ4n) is 4.90. The standard InChI is InChI=1S/C35H37Br2N3O5S/c1-4-45-31-17-15-30(16-18-31)40(46(43,44)32-19-13-28(36)14-20-32)24-34(41)39(23-27-11-8-12-29(37)21-27)33(35(42)38-25(2)3)22-26-9-6-5-7-10-26/h5-21,25,33H,4,22-24H2,1-3H3,(H,38,42)/t33-/m1/s1. The predicted molar refractivity (Wildman–Crippen MR) is 188 cm³/mol. The van der Waals surface area contributed by atoms with Crippen LogP contribution in [0.4, 0.5) is 5.69 Å². The van der Waals surface area contributed by atoms with Crippen molar-refractivity contribution >= 4 is 59.4 Å². The fourth-order valence-corrected chi connectivity index (χ4v) is 7.03. The SMILES string of the molecule is CCOc1ccc(N(CC(=O)N(Cc2cccc(Br)c2)[C@H](Cc2ccccc2)C(=O)NC(C)C)S(=O)(=O)c2ccc(Br)cc2)cc1. The van der Waals surface area contributed by atoms with E-state index in [-0.39, 0.29) is 35.5 Å². The first-order chi connectivity index (χ1) is 22.0. The molecule has 0 bridgehead atoms. The van der Waals surface area contributed by atoms with Crippen LogP contribution in [0, 0.1) is 0 Å². The molecule has 0 unspecified atom stereocenters. The summed E-state index contributed by atoms with van der Waals surface area (Å²) in [6.45, 7) is 5.56. The van der Waals surface area contributed by atoms with Crippen LogP contribution in [0.25, 0.3) is 0 Å². The summed E-state index contributed by atoms with van der Waals surface area (Å²) in [6, 6.07) is 28.6. The summed E-state index contributed by atoms with van der Waals surface area (Å²) in [7, 11) is -4.21. The summed E-state index contributed by atoms with van der Waals surface area (Å²) in [4.78, 5) is 29.8. The Hall–Kier alpha value is -3.67. The molecule has 46 heavy (non-hydrogen) atoms. The Labute approximate surface area is 288 Å². The van der Waals surface area contributed by atoms with Crippen molar-refractivity contribution in [3.8, 4) is 5.75 Å². The van der Waals surface area contributed by atoms with Crippen LogP contribution in [-0.4, -0.2) is 50.4 Å². The quantitative estimate of drug-likeness (QED) is 0.150. The summed E-state index contributed by atoms with van der Waals surface area (Å²) < 4.78 is 36.5. The number of nitrogens with one attached hydrogen (secondary N) is 1. The van der Waals surface area contributed by atoms with Gasteiger partial charge in [0.15, 0.2) is 0 Å². The second-order valence-electron chi connectivity index (χ2n) is 10.9. The van der Waals surface area contributed by atoms with Gasteiger partial charge in [-0.15, -0.1) is 0 Å². The molecule has 1 N–H and O–H groups in total. The number of benzene rings is 4. The average molecular weight is 772 g/mol. The van der Waals surface area contributed by atoms with Crippen molar-refractivity contribution < 1.29 is 22.7 Å². The van der Waals surface area contributed by atoms with Crippen molar-refractivity contribution in [2.24, 2.45) is 0 Å². The minimum absolute atomic E-state index is 0.0225. The molecule has 0 aliphatic heterocycles. The van der Waals surface area contributed by atoms with E-state index in [9.17, 15) is 18.0 Å². The van der Waals surface area contributed by atoms with E-state index in [2.05, 4.69) is 37.2 Å². The molecule has 11 heteroatoms. The maximum absolute atomic E-state index is 14.5. The number of halogens is 2. The Morgan fingerprint density at radius 1 is 0.826 bits per heavy atom. The zero-order valence-corrected chi connectivity index (χ0v) is 29.9. The highest BCUT2D eigenvalue weighted by Gasteiger charge is 2.35. The van der Waals surface area contributed by atoms with Gasteiger partial charge in [-0.25, -0.2) is 8.42 Å². The number of rotatable bonds is 14. The minimum Gasteiger partial charge on any atom is -0.494 e. The van der Waals surface area contributed by atoms with Crippen LogP contribution in [-0.2, 0) is 32.6 Å². The highest BCUT2D eigenvalue weighted by Crippen LogP contribution is 2.28. The molecule has 4 aromatic carbocycles. The van der Waals surface area contributed by atoms with Gasteiger partial charge in [0.1, 0.15) is 18.3 Å². The van der Waals surface area contributed by atoms with E-state index >= 15 is 0 Å². The minimum atomic E-state index is -4.21. The first kappa shape index (κ1) is 35.2. The number of sulfonamides is 1. The van der Waals surface area contributed by atoms with Crippen molar-refractivity contribution in [3.63, 3.8) is 0 Å². The topological polar surface area (TPSA) is 96.0 Å². The van der Waals surface area contributed by atoms with E-state index in [1.54, 1.807) is 36.4 Å². The molecule has 0 heterocycles. The van der Waals surface area contributed by atoms with E-state index in [0.717, 1.165) is 24.4 Å². The molecule has 0 aromatic heterocycles. The Morgan fingerprint density at radius 2 is 1.48 bits per heavy atom. The summed E-state index contributed by atoms with van der Waals surface area (Å²) in [6.07, 6.45) is 0.238. The Balaban J connectivity index is 1.80. The smallest absolute Gasteiger partial charge is 0.264 e. The van der Waals surface area contributed by atoms with Gasteiger partial charge >= 0.3 is 0 Å². The zero-order valence-electron chi connectivity index (χ0n) is 25.9. The molecular weight excluding hydrogens is 734 g/mol. The van der Waals surface area contributed by atoms with Gasteiger partial charge in [-0.1, -0.05) is 74.3 Å². The monoisotopic (exact) mass is 769 g/mol. The molecule has 0 saturated heterocycles. The van der Waals surface area contributed by atoms with Gasteiger partial charge in [-0.2, -0.15) is 0 Å². The van der Waals surface area contributed by atoms with Crippen LogP contribution in [0.15, 0.2) is 117 Å². The summed E-state index contributed by atoms with van der Waals surface area (Å²) in [5.41, 5.74) is 1.93. The molecule has 8 nitrogen and oxygen atoms in total. The molecule has 242 valence electrons. The number of carbonyl (C=O) groups excluding carboxylic acids is 2. The Morgan fingerprint density at radius 3 is 2.09 bits per heavy atom. The molecule has 2 amide bonds. The lowest BCUT2D eigenvalue weighted by Gasteiger charge is -2.34. The van der Waals surface area contributed by atoms with Crippen molar-refractivity contribution in [2.75, 3.05) is 17.5 Å². The molecule has 0 radical (unpaired) electrons. The second kappa shape index (κ2) is 16.2. The third kappa shape index (κ3) is 9.43. The second-order valence-corrected chi connectivity index (χ2v) is 14.6. The van der Waals surface area contributed by atoms with Crippen molar-refractivity contribution in [2.45, 2.75) is 50.7 Å². The maximum Gasteiger partial charge on any atom is 0.264 e. The molecule has 0 fully saturated rings. The first-order valence-electron chi connectivity index (χ1n) is 14.9. The summed E-state index contributed by atoms with van der Waals surface area (Å²) in [5, 5.41) is 2.97. The van der Waals surface area contributed by atoms with Gasteiger partial charge in [0.05, 0.1) is 17.2 Å². The lowest BCUT2D eigenvalue weighted by molar-refractivity contribution is -0.140. The summed E-state index contributed by atoms with van der Waals surface area (Å²) >= 11 is 6.86. The number of carbonyl (C=O) groups is 2. The maximum atomic E-state index is 14.5. The van der Waals surface area contributed by atoms with E-state index in [0.29, 0.717) is 12.4 Å². The molecule has 0 aliphatic rings. The number of hydrogen-bond donors (Lipinski definition) is 1. The first-order valence-corrected chi connectivity index (χ1v) is 17.9. The third-order valence-corrected chi connectivity index (χ3v) is 9.87. The van der Waals surface area contributed by atoms with Gasteiger partial charge in [-0.05, 0) is 92.6 Å². The van der Waals surface area contributed by atoms with Gasteiger partial charge < -0.3 is 15.0 Å². The van der Waals surface area contributed by atoms with Crippen LogP contribution in [0.2, 0.25) is 0 Å². The number of nitrogens with zero attached hydrogens (tertiary/aromatic N) is 2. The molecule has 1 atom stereocenters. The molecular formula is C35H37Br2N3O5S. The van der Waals surface area contributed by atoms with E-state index in [1.165, 1.54) is 17.0 Å². The van der Waals surface area contributed by atoms with Gasteiger partial charge in [0, 0.05) is 28.0 Å².